The molecule has 0 aromatic heterocycles. The Kier molecular flexibility index (Phi) is 8.48. The largest absolute Gasteiger partial charge is 0.493 e. The molecular weight excluding hydrogens is 460 g/mol. The number of halogens is 1. The number of carbonyl (C=O) groups is 2. The number of ether oxygens (including phenoxy) is 4. The maximum Gasteiger partial charge on any atom is 0.341 e. The van der Waals surface area contributed by atoms with Gasteiger partial charge < -0.3 is 24.1 Å². The van der Waals surface area contributed by atoms with E-state index in [9.17, 15) is 9.59 Å². The van der Waals surface area contributed by atoms with Crippen molar-refractivity contribution >= 4 is 34.0 Å². The van der Waals surface area contributed by atoms with E-state index in [4.69, 9.17) is 24.1 Å². The number of nitrogens with one attached hydrogen (secondary N) is 1. The van der Waals surface area contributed by atoms with Crippen LogP contribution in [0.5, 0.6) is 23.0 Å². The van der Waals surface area contributed by atoms with E-state index >= 15 is 0 Å². The van der Waals surface area contributed by atoms with Crippen molar-refractivity contribution in [2.24, 2.45) is 5.10 Å². The summed E-state index contributed by atoms with van der Waals surface area (Å²) < 4.78 is 21.6. The van der Waals surface area contributed by atoms with Gasteiger partial charge in [-0.2, -0.15) is 5.10 Å². The molecule has 0 spiro atoms. The van der Waals surface area contributed by atoms with E-state index in [0.29, 0.717) is 39.5 Å². The van der Waals surface area contributed by atoms with Crippen LogP contribution in [0.2, 0.25) is 0 Å². The maximum absolute atomic E-state index is 12.3. The highest BCUT2D eigenvalue weighted by Gasteiger charge is 2.13. The van der Waals surface area contributed by atoms with Crippen molar-refractivity contribution in [1.82, 2.24) is 5.43 Å². The second kappa shape index (κ2) is 11.1. The lowest BCUT2D eigenvalue weighted by Crippen LogP contribution is -2.17. The molecule has 0 radical (unpaired) electrons. The van der Waals surface area contributed by atoms with Crippen LogP contribution in [0.1, 0.15) is 22.8 Å². The summed E-state index contributed by atoms with van der Waals surface area (Å²) in [6.07, 6.45) is 1.41. The van der Waals surface area contributed by atoms with Crippen LogP contribution in [0.15, 0.2) is 39.9 Å². The molecule has 0 saturated heterocycles. The lowest BCUT2D eigenvalue weighted by Gasteiger charge is -2.12. The Balaban J connectivity index is 2.11. The number of nitrogens with zero attached hydrogens (tertiary/aromatic N) is 1. The van der Waals surface area contributed by atoms with Crippen LogP contribution >= 0.6 is 15.9 Å². The number of aliphatic carboxylic acids is 1. The molecule has 10 heteroatoms. The van der Waals surface area contributed by atoms with Gasteiger partial charge in [-0.1, -0.05) is 0 Å². The predicted octanol–water partition coefficient (Wildman–Crippen LogP) is 3.09. The number of carboxylic acids is 1. The lowest BCUT2D eigenvalue weighted by molar-refractivity contribution is -0.139. The van der Waals surface area contributed by atoms with Gasteiger partial charge in [0.05, 0.1) is 31.5 Å². The van der Waals surface area contributed by atoms with Gasteiger partial charge in [0.2, 0.25) is 0 Å². The molecule has 0 atom stereocenters. The first-order valence-electron chi connectivity index (χ1n) is 8.76. The van der Waals surface area contributed by atoms with Crippen LogP contribution < -0.4 is 24.4 Å². The van der Waals surface area contributed by atoms with E-state index in [1.165, 1.54) is 20.4 Å². The topological polar surface area (TPSA) is 116 Å². The lowest BCUT2D eigenvalue weighted by atomic mass is 10.2. The van der Waals surface area contributed by atoms with Crippen molar-refractivity contribution in [2.45, 2.75) is 6.92 Å². The van der Waals surface area contributed by atoms with E-state index in [-0.39, 0.29) is 5.75 Å². The normalized spacial score (nSPS) is 10.5. The van der Waals surface area contributed by atoms with Gasteiger partial charge in [-0.25, -0.2) is 10.2 Å². The highest BCUT2D eigenvalue weighted by Crippen LogP contribution is 2.36. The fourth-order valence-corrected chi connectivity index (χ4v) is 2.98. The highest BCUT2D eigenvalue weighted by molar-refractivity contribution is 9.10. The smallest absolute Gasteiger partial charge is 0.341 e. The second-order valence-electron chi connectivity index (χ2n) is 5.71. The molecule has 0 saturated carbocycles. The minimum atomic E-state index is -1.11. The summed E-state index contributed by atoms with van der Waals surface area (Å²) in [5.74, 6) is 0.0155. The molecule has 0 unspecified atom stereocenters. The van der Waals surface area contributed by atoms with E-state index in [0.717, 1.165) is 0 Å². The molecule has 0 aliphatic rings. The summed E-state index contributed by atoms with van der Waals surface area (Å²) in [5.41, 5.74) is 3.37. The molecule has 0 fully saturated rings. The van der Waals surface area contributed by atoms with Gasteiger partial charge in [-0.05, 0) is 58.7 Å². The third-order valence-corrected chi connectivity index (χ3v) is 4.29. The van der Waals surface area contributed by atoms with Crippen molar-refractivity contribution < 1.29 is 33.6 Å². The summed E-state index contributed by atoms with van der Waals surface area (Å²) in [6.45, 7) is 1.82. The molecule has 2 aromatic rings. The van der Waals surface area contributed by atoms with Crippen molar-refractivity contribution in [3.05, 3.63) is 45.9 Å². The third-order valence-electron chi connectivity index (χ3n) is 3.70. The number of carboxylic acid groups (broad SMARTS) is 1. The summed E-state index contributed by atoms with van der Waals surface area (Å²) in [5, 5.41) is 12.7. The van der Waals surface area contributed by atoms with Crippen molar-refractivity contribution in [3.8, 4) is 23.0 Å². The van der Waals surface area contributed by atoms with Crippen LogP contribution in [0, 0.1) is 0 Å². The monoisotopic (exact) mass is 480 g/mol. The zero-order valence-electron chi connectivity index (χ0n) is 16.6. The molecule has 1 amide bonds. The Morgan fingerprint density at radius 2 is 1.83 bits per heavy atom. The van der Waals surface area contributed by atoms with Gasteiger partial charge in [-0.3, -0.25) is 4.79 Å². The Labute approximate surface area is 181 Å². The SMILES string of the molecule is CCOc1ccc(C(=O)N/N=C/c2cc(Br)c(OCC(=O)O)c(OC)c2)cc1OC. The number of methoxy groups -OCH3 is 2. The molecule has 0 bridgehead atoms. The van der Waals surface area contributed by atoms with Gasteiger partial charge in [0.1, 0.15) is 0 Å². The fraction of sp³-hybridized carbons (Fsp3) is 0.250. The van der Waals surface area contributed by atoms with Gasteiger partial charge >= 0.3 is 5.97 Å². The van der Waals surface area contributed by atoms with E-state index in [2.05, 4.69) is 26.5 Å². The molecule has 2 aromatic carbocycles. The standard InChI is InChI=1S/C20H21BrN2O7/c1-4-29-15-6-5-13(9-16(15)27-2)20(26)23-22-10-12-7-14(21)19(17(8-12)28-3)30-11-18(24)25/h5-10H,4,11H2,1-3H3,(H,23,26)(H,24,25)/b22-10+. The molecule has 9 nitrogen and oxygen atoms in total. The van der Waals surface area contributed by atoms with Crippen LogP contribution in [-0.4, -0.2) is 50.6 Å². The molecule has 2 rings (SSSR count). The highest BCUT2D eigenvalue weighted by atomic mass is 79.9. The first-order valence-corrected chi connectivity index (χ1v) is 9.55. The number of hydrogen-bond acceptors (Lipinski definition) is 7. The second-order valence-corrected chi connectivity index (χ2v) is 6.57. The number of hydrogen-bond donors (Lipinski definition) is 2. The van der Waals surface area contributed by atoms with Crippen LogP contribution in [0.25, 0.3) is 0 Å². The van der Waals surface area contributed by atoms with Crippen molar-refractivity contribution in [1.29, 1.82) is 0 Å². The molecule has 0 aliphatic carbocycles. The summed E-state index contributed by atoms with van der Waals surface area (Å²) in [4.78, 5) is 23.0. The minimum Gasteiger partial charge on any atom is -0.493 e. The van der Waals surface area contributed by atoms with Crippen molar-refractivity contribution in [2.75, 3.05) is 27.4 Å². The van der Waals surface area contributed by atoms with Gasteiger partial charge in [0, 0.05) is 5.56 Å². The molecule has 160 valence electrons. The Morgan fingerprint density at radius 3 is 2.47 bits per heavy atom. The van der Waals surface area contributed by atoms with Gasteiger partial charge in [0.25, 0.3) is 5.91 Å². The summed E-state index contributed by atoms with van der Waals surface area (Å²) >= 11 is 3.31. The molecule has 0 aliphatic heterocycles. The average molecular weight is 481 g/mol. The zero-order chi connectivity index (χ0) is 22.1. The van der Waals surface area contributed by atoms with Crippen LogP contribution in [0.4, 0.5) is 0 Å². The average Bonchev–Trinajstić information content (AvgIpc) is 2.72. The minimum absolute atomic E-state index is 0.252. The zero-order valence-corrected chi connectivity index (χ0v) is 18.2. The molecule has 0 heterocycles. The summed E-state index contributed by atoms with van der Waals surface area (Å²) in [6, 6.07) is 8.06. The number of benzene rings is 2. The first kappa shape index (κ1) is 23.0. The van der Waals surface area contributed by atoms with E-state index in [1.54, 1.807) is 30.3 Å². The van der Waals surface area contributed by atoms with Gasteiger partial charge in [-0.15, -0.1) is 0 Å². The fourth-order valence-electron chi connectivity index (χ4n) is 2.40. The Morgan fingerprint density at radius 1 is 1.10 bits per heavy atom. The van der Waals surface area contributed by atoms with Crippen LogP contribution in [-0.2, 0) is 4.79 Å². The molecular formula is C20H21BrN2O7. The van der Waals surface area contributed by atoms with E-state index < -0.39 is 18.5 Å². The maximum atomic E-state index is 12.3. The Hall–Kier alpha value is -3.27. The molecule has 2 N–H and O–H groups in total. The number of carbonyl (C=O) groups excluding carboxylic acids is 1. The summed E-state index contributed by atoms with van der Waals surface area (Å²) in [7, 11) is 2.92. The predicted molar refractivity (Wildman–Crippen MR) is 113 cm³/mol. The number of rotatable bonds is 10. The quantitative estimate of drug-likeness (QED) is 0.396. The Bertz CT molecular complexity index is 947. The molecule has 30 heavy (non-hydrogen) atoms. The van der Waals surface area contributed by atoms with Gasteiger partial charge in [0.15, 0.2) is 29.6 Å². The van der Waals surface area contributed by atoms with E-state index in [1.807, 2.05) is 6.92 Å². The first-order chi connectivity index (χ1) is 14.4. The number of amides is 1. The van der Waals surface area contributed by atoms with Crippen LogP contribution in [0.3, 0.4) is 0 Å². The van der Waals surface area contributed by atoms with Crippen molar-refractivity contribution in [3.63, 3.8) is 0 Å². The third kappa shape index (κ3) is 6.11. The number of hydrazone groups is 1.